The summed E-state index contributed by atoms with van der Waals surface area (Å²) in [5.41, 5.74) is 3.54. The van der Waals surface area contributed by atoms with E-state index in [0.717, 1.165) is 24.3 Å². The van der Waals surface area contributed by atoms with Crippen molar-refractivity contribution >= 4 is 11.6 Å². The Morgan fingerprint density at radius 3 is 2.70 bits per heavy atom. The van der Waals surface area contributed by atoms with E-state index in [0.29, 0.717) is 5.96 Å². The van der Waals surface area contributed by atoms with Gasteiger partial charge in [0, 0.05) is 12.1 Å². The van der Waals surface area contributed by atoms with Gasteiger partial charge in [-0.05, 0) is 37.6 Å². The van der Waals surface area contributed by atoms with Crippen LogP contribution in [0.1, 0.15) is 19.1 Å². The van der Waals surface area contributed by atoms with E-state index >= 15 is 0 Å². The molecule has 0 bridgehead atoms. The zero-order valence-corrected chi connectivity index (χ0v) is 11.5. The maximum atomic E-state index is 5.50. The van der Waals surface area contributed by atoms with E-state index in [9.17, 15) is 0 Å². The van der Waals surface area contributed by atoms with Gasteiger partial charge in [0.1, 0.15) is 5.76 Å². The van der Waals surface area contributed by atoms with Crippen molar-refractivity contribution < 1.29 is 4.42 Å². The molecule has 1 atom stereocenters. The maximum absolute atomic E-state index is 5.50. The summed E-state index contributed by atoms with van der Waals surface area (Å²) < 4.78 is 5.31. The summed E-state index contributed by atoms with van der Waals surface area (Å²) in [6, 6.07) is 13.8. The van der Waals surface area contributed by atoms with Crippen molar-refractivity contribution in [2.24, 2.45) is 10.8 Å². The lowest BCUT2D eigenvalue weighted by Gasteiger charge is -2.12. The number of rotatable bonds is 5. The molecular weight excluding hydrogens is 252 g/mol. The van der Waals surface area contributed by atoms with Crippen molar-refractivity contribution in [2.75, 3.05) is 5.32 Å². The second kappa shape index (κ2) is 7.35. The molecule has 4 N–H and O–H groups in total. The molecule has 20 heavy (non-hydrogen) atoms. The van der Waals surface area contributed by atoms with Gasteiger partial charge in [-0.2, -0.15) is 0 Å². The lowest BCUT2D eigenvalue weighted by molar-refractivity contribution is 0.491. The van der Waals surface area contributed by atoms with Crippen LogP contribution in [-0.2, 0) is 6.42 Å². The van der Waals surface area contributed by atoms with Crippen molar-refractivity contribution in [3.63, 3.8) is 0 Å². The van der Waals surface area contributed by atoms with Crippen LogP contribution in [0.25, 0.3) is 0 Å². The smallest absolute Gasteiger partial charge is 0.210 e. The number of aryl methyl sites for hydroxylation is 1. The molecule has 1 aromatic carbocycles. The second-order valence-electron chi connectivity index (χ2n) is 4.58. The summed E-state index contributed by atoms with van der Waals surface area (Å²) in [4.78, 5) is 4.52. The van der Waals surface area contributed by atoms with Gasteiger partial charge in [-0.15, -0.1) is 0 Å². The van der Waals surface area contributed by atoms with E-state index in [4.69, 9.17) is 10.3 Å². The molecule has 1 unspecified atom stereocenters. The third kappa shape index (κ3) is 4.44. The summed E-state index contributed by atoms with van der Waals surface area (Å²) in [6.45, 7) is 2.05. The van der Waals surface area contributed by atoms with E-state index in [-0.39, 0.29) is 6.04 Å². The van der Waals surface area contributed by atoms with E-state index in [1.165, 1.54) is 0 Å². The molecule has 2 aromatic rings. The number of nitrogens with two attached hydrogens (primary N) is 1. The van der Waals surface area contributed by atoms with Gasteiger partial charge in [0.2, 0.25) is 5.96 Å². The number of aliphatic imine (C=N–C) groups is 1. The summed E-state index contributed by atoms with van der Waals surface area (Å²) in [5, 5.41) is 3.14. The van der Waals surface area contributed by atoms with E-state index in [2.05, 4.69) is 15.7 Å². The molecule has 1 aromatic heterocycles. The normalized spacial score (nSPS) is 13.0. The lowest BCUT2D eigenvalue weighted by atomic mass is 10.1. The molecule has 0 amide bonds. The molecular formula is C15H20N4O. The zero-order valence-electron chi connectivity index (χ0n) is 11.5. The Balaban J connectivity index is 1.89. The average Bonchev–Trinajstić information content (AvgIpc) is 2.99. The minimum Gasteiger partial charge on any atom is -0.469 e. The van der Waals surface area contributed by atoms with Crippen LogP contribution in [0.15, 0.2) is 58.1 Å². The second-order valence-corrected chi connectivity index (χ2v) is 4.58. The molecule has 0 aliphatic rings. The molecule has 0 aliphatic heterocycles. The number of nitrogens with zero attached hydrogens (tertiary/aromatic N) is 1. The minimum absolute atomic E-state index is 0.141. The van der Waals surface area contributed by atoms with Crippen molar-refractivity contribution in [1.29, 1.82) is 0 Å². The van der Waals surface area contributed by atoms with Gasteiger partial charge in [0.15, 0.2) is 0 Å². The Kier molecular flexibility index (Phi) is 5.20. The Bertz CT molecular complexity index is 522. The van der Waals surface area contributed by atoms with E-state index in [1.807, 2.05) is 49.4 Å². The predicted octanol–water partition coefficient (Wildman–Crippen LogP) is 2.53. The van der Waals surface area contributed by atoms with Gasteiger partial charge in [-0.3, -0.25) is 5.43 Å². The van der Waals surface area contributed by atoms with Crippen molar-refractivity contribution in [2.45, 2.75) is 25.8 Å². The number of anilines is 1. The highest BCUT2D eigenvalue weighted by Crippen LogP contribution is 2.09. The number of benzene rings is 1. The fourth-order valence-electron chi connectivity index (χ4n) is 1.85. The van der Waals surface area contributed by atoms with Crippen LogP contribution >= 0.6 is 0 Å². The Labute approximate surface area is 118 Å². The molecule has 0 fully saturated rings. The van der Waals surface area contributed by atoms with Crippen molar-refractivity contribution in [3.05, 3.63) is 54.5 Å². The fraction of sp³-hybridized carbons (Fsp3) is 0.267. The van der Waals surface area contributed by atoms with Crippen LogP contribution in [0.2, 0.25) is 0 Å². The summed E-state index contributed by atoms with van der Waals surface area (Å²) in [5.74, 6) is 7.03. The molecule has 0 spiro atoms. The SMILES string of the molecule is CC(CCc1ccco1)N=C(NN)Nc1ccccc1. The third-order valence-electron chi connectivity index (χ3n) is 2.91. The lowest BCUT2D eigenvalue weighted by Crippen LogP contribution is -2.37. The number of hydrazine groups is 1. The molecule has 2 rings (SSSR count). The van der Waals surface area contributed by atoms with Crippen LogP contribution < -0.4 is 16.6 Å². The Morgan fingerprint density at radius 1 is 1.25 bits per heavy atom. The molecule has 0 saturated heterocycles. The van der Waals surface area contributed by atoms with Crippen LogP contribution in [0, 0.1) is 0 Å². The average molecular weight is 272 g/mol. The molecule has 0 aliphatic carbocycles. The maximum Gasteiger partial charge on any atom is 0.210 e. The quantitative estimate of drug-likeness (QED) is 0.338. The van der Waals surface area contributed by atoms with Gasteiger partial charge >= 0.3 is 0 Å². The zero-order chi connectivity index (χ0) is 14.2. The summed E-state index contributed by atoms with van der Waals surface area (Å²) in [6.07, 6.45) is 3.45. The highest BCUT2D eigenvalue weighted by atomic mass is 16.3. The largest absolute Gasteiger partial charge is 0.469 e. The highest BCUT2D eigenvalue weighted by molar-refractivity contribution is 5.93. The first-order chi connectivity index (χ1) is 9.78. The van der Waals surface area contributed by atoms with Crippen LogP contribution in [0.4, 0.5) is 5.69 Å². The first-order valence-corrected chi connectivity index (χ1v) is 6.67. The van der Waals surface area contributed by atoms with Crippen molar-refractivity contribution in [3.8, 4) is 0 Å². The summed E-state index contributed by atoms with van der Waals surface area (Å²) in [7, 11) is 0. The summed E-state index contributed by atoms with van der Waals surface area (Å²) >= 11 is 0. The molecule has 5 heteroatoms. The number of furan rings is 1. The monoisotopic (exact) mass is 272 g/mol. The Hall–Kier alpha value is -2.27. The van der Waals surface area contributed by atoms with Crippen LogP contribution in [0.3, 0.4) is 0 Å². The van der Waals surface area contributed by atoms with Gasteiger partial charge in [0.25, 0.3) is 0 Å². The molecule has 5 nitrogen and oxygen atoms in total. The van der Waals surface area contributed by atoms with E-state index < -0.39 is 0 Å². The van der Waals surface area contributed by atoms with E-state index in [1.54, 1.807) is 6.26 Å². The number of hydrogen-bond donors (Lipinski definition) is 3. The molecule has 1 heterocycles. The number of para-hydroxylation sites is 1. The number of nitrogens with one attached hydrogen (secondary N) is 2. The predicted molar refractivity (Wildman–Crippen MR) is 81.3 cm³/mol. The number of hydrogen-bond acceptors (Lipinski definition) is 3. The van der Waals surface area contributed by atoms with Crippen LogP contribution in [0.5, 0.6) is 0 Å². The van der Waals surface area contributed by atoms with Gasteiger partial charge < -0.3 is 9.73 Å². The van der Waals surface area contributed by atoms with Crippen LogP contribution in [-0.4, -0.2) is 12.0 Å². The first kappa shape index (κ1) is 14.1. The Morgan fingerprint density at radius 2 is 2.05 bits per heavy atom. The molecule has 0 radical (unpaired) electrons. The minimum atomic E-state index is 0.141. The molecule has 106 valence electrons. The first-order valence-electron chi connectivity index (χ1n) is 6.67. The van der Waals surface area contributed by atoms with Gasteiger partial charge in [0.05, 0.1) is 12.3 Å². The topological polar surface area (TPSA) is 75.6 Å². The fourth-order valence-corrected chi connectivity index (χ4v) is 1.85. The van der Waals surface area contributed by atoms with Gasteiger partial charge in [-0.25, -0.2) is 10.8 Å². The third-order valence-corrected chi connectivity index (χ3v) is 2.91. The molecule has 0 saturated carbocycles. The standard InChI is InChI=1S/C15H20N4O/c1-12(9-10-14-8-5-11-20-14)17-15(19-16)18-13-6-3-2-4-7-13/h2-8,11-12H,9-10,16H2,1H3,(H2,17,18,19). The highest BCUT2D eigenvalue weighted by Gasteiger charge is 2.05. The number of guanidine groups is 1. The van der Waals surface area contributed by atoms with Gasteiger partial charge in [-0.1, -0.05) is 18.2 Å². The van der Waals surface area contributed by atoms with Crippen molar-refractivity contribution in [1.82, 2.24) is 5.43 Å².